The number of nitrogens with zero attached hydrogens (tertiary/aromatic N) is 4. The van der Waals surface area contributed by atoms with Gasteiger partial charge in [-0.2, -0.15) is 13.2 Å². The second kappa shape index (κ2) is 7.68. The maximum absolute atomic E-state index is 15.4. The van der Waals surface area contributed by atoms with E-state index < -0.39 is 41.3 Å². The molecule has 0 unspecified atom stereocenters. The van der Waals surface area contributed by atoms with E-state index in [4.69, 9.17) is 4.42 Å². The highest BCUT2D eigenvalue weighted by Gasteiger charge is 2.86. The number of benzene rings is 1. The van der Waals surface area contributed by atoms with Crippen LogP contribution in [0.15, 0.2) is 34.9 Å². The first kappa shape index (κ1) is 24.2. The summed E-state index contributed by atoms with van der Waals surface area (Å²) in [4.78, 5) is 5.40. The molecule has 7 nitrogen and oxygen atoms in total. The van der Waals surface area contributed by atoms with Crippen LogP contribution in [0.25, 0.3) is 10.9 Å². The summed E-state index contributed by atoms with van der Waals surface area (Å²) in [5, 5.41) is 10.9. The lowest BCUT2D eigenvalue weighted by atomic mass is 9.94. The number of alkyl halides is 7. The van der Waals surface area contributed by atoms with Crippen molar-refractivity contribution in [2.45, 2.75) is 42.9 Å². The molecule has 1 N–H and O–H groups in total. The standard InChI is InChI=1S/C23H20F7N5O2/c24-20(5-8-31-9-6-20)18-34-33-17(36-18)19-10-21(19,22(25,26)27)12-35(11-19)14-3-4-15(37-23(28,29)30)16-13(14)2-1-7-32-16/h1-4,7,31H,5-6,8-12H2/t19-,21-/m0/s1. The fraction of sp³-hybridized carbons (Fsp3) is 0.522. The zero-order valence-electron chi connectivity index (χ0n) is 19.1. The molecule has 198 valence electrons. The van der Waals surface area contributed by atoms with Crippen molar-refractivity contribution in [2.24, 2.45) is 5.41 Å². The predicted molar refractivity (Wildman–Crippen MR) is 115 cm³/mol. The van der Waals surface area contributed by atoms with Gasteiger partial charge in [0.25, 0.3) is 5.89 Å². The van der Waals surface area contributed by atoms with Gasteiger partial charge in [0.15, 0.2) is 11.4 Å². The van der Waals surface area contributed by atoms with Gasteiger partial charge in [0.2, 0.25) is 5.89 Å². The van der Waals surface area contributed by atoms with E-state index in [1.807, 2.05) is 0 Å². The summed E-state index contributed by atoms with van der Waals surface area (Å²) in [5.74, 6) is -1.17. The molecule has 37 heavy (non-hydrogen) atoms. The van der Waals surface area contributed by atoms with E-state index in [-0.39, 0.29) is 54.2 Å². The molecular weight excluding hydrogens is 511 g/mol. The molecule has 1 aromatic carbocycles. The first-order valence-electron chi connectivity index (χ1n) is 11.6. The highest BCUT2D eigenvalue weighted by Crippen LogP contribution is 2.75. The Labute approximate surface area is 205 Å². The summed E-state index contributed by atoms with van der Waals surface area (Å²) in [6, 6.07) is 5.24. The fourth-order valence-corrected chi connectivity index (χ4v) is 5.82. The number of ether oxygens (including phenoxy) is 1. The second-order valence-corrected chi connectivity index (χ2v) is 9.85. The summed E-state index contributed by atoms with van der Waals surface area (Å²) < 4.78 is 107. The molecule has 6 rings (SSSR count). The number of hydrogen-bond acceptors (Lipinski definition) is 7. The van der Waals surface area contributed by atoms with Crippen molar-refractivity contribution in [1.82, 2.24) is 20.5 Å². The molecule has 1 saturated carbocycles. The van der Waals surface area contributed by atoms with Crippen molar-refractivity contribution in [3.8, 4) is 5.75 Å². The van der Waals surface area contributed by atoms with E-state index in [1.54, 1.807) is 0 Å². The number of pyridine rings is 1. The molecule has 2 atom stereocenters. The minimum Gasteiger partial charge on any atom is -0.421 e. The molecule has 3 fully saturated rings. The third kappa shape index (κ3) is 3.62. The molecule has 2 saturated heterocycles. The van der Waals surface area contributed by atoms with Gasteiger partial charge < -0.3 is 19.4 Å². The molecule has 0 spiro atoms. The Morgan fingerprint density at radius 1 is 0.973 bits per heavy atom. The number of piperidine rings is 2. The fourth-order valence-electron chi connectivity index (χ4n) is 5.82. The van der Waals surface area contributed by atoms with Gasteiger partial charge in [0, 0.05) is 43.2 Å². The zero-order chi connectivity index (χ0) is 26.3. The summed E-state index contributed by atoms with van der Waals surface area (Å²) >= 11 is 0. The van der Waals surface area contributed by atoms with Crippen LogP contribution in [0.2, 0.25) is 0 Å². The maximum Gasteiger partial charge on any atom is 0.573 e. The van der Waals surface area contributed by atoms with Crippen LogP contribution in [-0.4, -0.2) is 53.9 Å². The Morgan fingerprint density at radius 3 is 2.41 bits per heavy atom. The molecule has 0 amide bonds. The van der Waals surface area contributed by atoms with E-state index in [1.165, 1.54) is 29.3 Å². The smallest absolute Gasteiger partial charge is 0.421 e. The van der Waals surface area contributed by atoms with Crippen LogP contribution >= 0.6 is 0 Å². The van der Waals surface area contributed by atoms with Crippen LogP contribution in [0.3, 0.4) is 0 Å². The molecule has 14 heteroatoms. The van der Waals surface area contributed by atoms with Gasteiger partial charge in [-0.25, -0.2) is 4.39 Å². The van der Waals surface area contributed by atoms with Gasteiger partial charge >= 0.3 is 12.5 Å². The predicted octanol–water partition coefficient (Wildman–Crippen LogP) is 4.78. The number of aromatic nitrogens is 3. The number of anilines is 1. The van der Waals surface area contributed by atoms with Gasteiger partial charge in [-0.1, -0.05) is 0 Å². The van der Waals surface area contributed by atoms with Crippen LogP contribution in [0.4, 0.5) is 36.4 Å². The number of hydrogen-bond donors (Lipinski definition) is 1. The van der Waals surface area contributed by atoms with Crippen LogP contribution in [-0.2, 0) is 11.1 Å². The van der Waals surface area contributed by atoms with Crippen molar-refractivity contribution in [3.63, 3.8) is 0 Å². The normalized spacial score (nSPS) is 27.4. The lowest BCUT2D eigenvalue weighted by Gasteiger charge is -2.26. The monoisotopic (exact) mass is 531 g/mol. The highest BCUT2D eigenvalue weighted by molar-refractivity contribution is 5.96. The van der Waals surface area contributed by atoms with E-state index in [0.717, 1.165) is 6.07 Å². The average molecular weight is 531 g/mol. The zero-order valence-corrected chi connectivity index (χ0v) is 19.1. The Morgan fingerprint density at radius 2 is 1.70 bits per heavy atom. The molecule has 0 radical (unpaired) electrons. The Hall–Kier alpha value is -3.16. The molecule has 3 aromatic rings. The molecule has 0 bridgehead atoms. The molecule has 2 aromatic heterocycles. The van der Waals surface area contributed by atoms with E-state index in [2.05, 4.69) is 25.2 Å². The molecule has 4 heterocycles. The summed E-state index contributed by atoms with van der Waals surface area (Å²) in [5.41, 5.74) is -5.63. The molecule has 2 aliphatic heterocycles. The molecule has 3 aliphatic rings. The highest BCUT2D eigenvalue weighted by atomic mass is 19.4. The van der Waals surface area contributed by atoms with E-state index >= 15 is 4.39 Å². The Balaban J connectivity index is 1.38. The van der Waals surface area contributed by atoms with Gasteiger partial charge in [0.05, 0.1) is 5.41 Å². The number of halogens is 7. The Bertz CT molecular complexity index is 1350. The van der Waals surface area contributed by atoms with Crippen LogP contribution in [0.1, 0.15) is 31.0 Å². The lowest BCUT2D eigenvalue weighted by molar-refractivity contribution is -0.274. The van der Waals surface area contributed by atoms with Crippen molar-refractivity contribution in [3.05, 3.63) is 42.2 Å². The lowest BCUT2D eigenvalue weighted by Crippen LogP contribution is -2.37. The van der Waals surface area contributed by atoms with Crippen molar-refractivity contribution in [2.75, 3.05) is 31.1 Å². The van der Waals surface area contributed by atoms with E-state index in [0.29, 0.717) is 13.1 Å². The largest absolute Gasteiger partial charge is 0.573 e. The number of fused-ring (bicyclic) bond motifs is 2. The third-order valence-corrected chi connectivity index (χ3v) is 7.75. The minimum atomic E-state index is -4.97. The number of nitrogens with one attached hydrogen (secondary N) is 1. The Kier molecular flexibility index (Phi) is 5.02. The summed E-state index contributed by atoms with van der Waals surface area (Å²) in [6.45, 7) is 0.0599. The first-order chi connectivity index (χ1) is 17.4. The van der Waals surface area contributed by atoms with Crippen LogP contribution in [0, 0.1) is 5.41 Å². The quantitative estimate of drug-likeness (QED) is 0.486. The van der Waals surface area contributed by atoms with Crippen LogP contribution in [0.5, 0.6) is 5.75 Å². The third-order valence-electron chi connectivity index (χ3n) is 7.75. The van der Waals surface area contributed by atoms with E-state index in [9.17, 15) is 26.3 Å². The van der Waals surface area contributed by atoms with Crippen molar-refractivity contribution >= 4 is 16.6 Å². The summed E-state index contributed by atoms with van der Waals surface area (Å²) in [7, 11) is 0. The first-order valence-corrected chi connectivity index (χ1v) is 11.6. The van der Waals surface area contributed by atoms with Gasteiger partial charge in [-0.05, 0) is 43.8 Å². The van der Waals surface area contributed by atoms with Crippen molar-refractivity contribution < 1.29 is 39.9 Å². The van der Waals surface area contributed by atoms with Gasteiger partial charge in [-0.15, -0.1) is 23.4 Å². The average Bonchev–Trinajstić information content (AvgIpc) is 3.15. The van der Waals surface area contributed by atoms with Gasteiger partial charge in [-0.3, -0.25) is 4.98 Å². The van der Waals surface area contributed by atoms with Crippen molar-refractivity contribution in [1.29, 1.82) is 0 Å². The second-order valence-electron chi connectivity index (χ2n) is 9.85. The molecular formula is C23H20F7N5O2. The van der Waals surface area contributed by atoms with Gasteiger partial charge in [0.1, 0.15) is 10.9 Å². The maximum atomic E-state index is 15.4. The molecule has 1 aliphatic carbocycles. The summed E-state index contributed by atoms with van der Waals surface area (Å²) in [6.07, 6.45) is -8.54. The topological polar surface area (TPSA) is 76.3 Å². The number of rotatable bonds is 4. The SMILES string of the molecule is FC(F)(F)Oc1ccc(N2C[C@]3(c4nnc(C5(F)CCNCC5)o4)C[C@]3(C(F)(F)F)C2)c2cccnc12. The van der Waals surface area contributed by atoms with Crippen LogP contribution < -0.4 is 15.0 Å². The minimum absolute atomic E-state index is 0.0590.